The van der Waals surface area contributed by atoms with Crippen molar-refractivity contribution in [3.05, 3.63) is 136 Å². The molecule has 55 heavy (non-hydrogen) atoms. The third kappa shape index (κ3) is 15.3. The number of phenolic OH excluding ortho intramolecular Hbond substituents is 4. The minimum atomic E-state index is -0.422. The Morgan fingerprint density at radius 1 is 0.782 bits per heavy atom. The summed E-state index contributed by atoms with van der Waals surface area (Å²) in [7, 11) is 0. The van der Waals surface area contributed by atoms with Crippen molar-refractivity contribution in [3.8, 4) is 28.7 Å². The zero-order valence-corrected chi connectivity index (χ0v) is 32.2. The van der Waals surface area contributed by atoms with E-state index in [4.69, 9.17) is 29.5 Å². The van der Waals surface area contributed by atoms with Gasteiger partial charge in [0.15, 0.2) is 0 Å². The van der Waals surface area contributed by atoms with Gasteiger partial charge >= 0.3 is 6.09 Å². The first-order chi connectivity index (χ1) is 26.6. The fraction of sp³-hybridized carbons (Fsp3) is 0.311. The van der Waals surface area contributed by atoms with Crippen molar-refractivity contribution in [2.75, 3.05) is 19.8 Å². The molecule has 0 aliphatic heterocycles. The molecule has 4 aromatic rings. The van der Waals surface area contributed by atoms with Crippen LogP contribution in [0.4, 0.5) is 4.79 Å². The van der Waals surface area contributed by atoms with Crippen molar-refractivity contribution in [1.29, 1.82) is 0 Å². The highest BCUT2D eigenvalue weighted by Crippen LogP contribution is 2.25. The Labute approximate surface area is 324 Å². The van der Waals surface area contributed by atoms with E-state index in [1.807, 2.05) is 50.2 Å². The molecule has 5 rings (SSSR count). The summed E-state index contributed by atoms with van der Waals surface area (Å²) in [6, 6.07) is 24.2. The fourth-order valence-corrected chi connectivity index (χ4v) is 5.71. The number of alkyl carbamates (subject to hydrolysis) is 1. The molecule has 1 amide bonds. The number of aromatic hydroxyl groups is 4. The number of ether oxygens (including phenoxy) is 3. The molecule has 0 radical (unpaired) electrons. The summed E-state index contributed by atoms with van der Waals surface area (Å²) < 4.78 is 17.3. The van der Waals surface area contributed by atoms with Gasteiger partial charge in [0, 0.05) is 36.8 Å². The highest BCUT2D eigenvalue weighted by Gasteiger charge is 2.18. The quantitative estimate of drug-likeness (QED) is 0.0677. The van der Waals surface area contributed by atoms with E-state index in [1.54, 1.807) is 12.1 Å². The van der Waals surface area contributed by atoms with Crippen molar-refractivity contribution in [2.45, 2.75) is 66.8 Å². The number of aliphatic hydroxyl groups excluding tert-OH is 1. The topological polar surface area (TPSA) is 158 Å². The van der Waals surface area contributed by atoms with Gasteiger partial charge in [-0.2, -0.15) is 0 Å². The lowest BCUT2D eigenvalue weighted by atomic mass is 9.86. The third-order valence-electron chi connectivity index (χ3n) is 8.21. The Morgan fingerprint density at radius 2 is 1.45 bits per heavy atom. The molecule has 1 unspecified atom stereocenters. The smallest absolute Gasteiger partial charge is 0.407 e. The Hall–Kier alpha value is -5.71. The average molecular weight is 754 g/mol. The molecule has 10 heteroatoms. The molecule has 0 heterocycles. The number of aliphatic hydroxyl groups is 1. The molecule has 1 aliphatic carbocycles. The minimum Gasteiger partial charge on any atom is -0.508 e. The Morgan fingerprint density at radius 3 is 2.13 bits per heavy atom. The molecule has 0 aromatic heterocycles. The van der Waals surface area contributed by atoms with E-state index in [2.05, 4.69) is 55.6 Å². The first-order valence-corrected chi connectivity index (χ1v) is 18.7. The molecule has 1 atom stereocenters. The van der Waals surface area contributed by atoms with Gasteiger partial charge in [-0.05, 0) is 88.4 Å². The van der Waals surface area contributed by atoms with Crippen molar-refractivity contribution >= 4 is 17.7 Å². The second-order valence-electron chi connectivity index (χ2n) is 12.6. The number of nitrogens with one attached hydrogen (secondary N) is 1. The molecule has 0 bridgehead atoms. The number of hydrogen-bond donors (Lipinski definition) is 6. The summed E-state index contributed by atoms with van der Waals surface area (Å²) >= 11 is 0. The summed E-state index contributed by atoms with van der Waals surface area (Å²) in [5, 5.41) is 50.6. The maximum atomic E-state index is 12.5. The lowest BCUT2D eigenvalue weighted by Gasteiger charge is -2.21. The van der Waals surface area contributed by atoms with Gasteiger partial charge in [0.05, 0.1) is 13.2 Å². The van der Waals surface area contributed by atoms with Crippen LogP contribution in [0.2, 0.25) is 0 Å². The fourth-order valence-electron chi connectivity index (χ4n) is 5.71. The molecule has 4 aromatic carbocycles. The van der Waals surface area contributed by atoms with E-state index >= 15 is 0 Å². The van der Waals surface area contributed by atoms with Crippen LogP contribution < -0.4 is 20.5 Å². The number of benzene rings is 4. The van der Waals surface area contributed by atoms with Crippen LogP contribution in [0.1, 0.15) is 63.6 Å². The number of phenols is 4. The predicted octanol–water partition coefficient (Wildman–Crippen LogP) is 7.49. The van der Waals surface area contributed by atoms with E-state index in [1.165, 1.54) is 35.1 Å². The number of amides is 1. The lowest BCUT2D eigenvalue weighted by Crippen LogP contribution is -2.35. The molecule has 6 N–H and O–H groups in total. The van der Waals surface area contributed by atoms with E-state index in [-0.39, 0.29) is 48.7 Å². The minimum absolute atomic E-state index is 0.00644. The van der Waals surface area contributed by atoms with Crippen LogP contribution in [-0.4, -0.2) is 51.4 Å². The van der Waals surface area contributed by atoms with E-state index in [9.17, 15) is 15.0 Å². The van der Waals surface area contributed by atoms with Gasteiger partial charge in [0.1, 0.15) is 42.0 Å². The Balaban J connectivity index is 0.000000581. The normalized spacial score (nSPS) is 13.8. The summed E-state index contributed by atoms with van der Waals surface area (Å²) in [5.41, 5.74) is 4.36. The number of carbonyl (C=O) groups is 1. The maximum Gasteiger partial charge on any atom is 0.407 e. The Kier molecular flexibility index (Phi) is 18.9. The van der Waals surface area contributed by atoms with Gasteiger partial charge < -0.3 is 45.1 Å². The molecular weight excluding hydrogens is 698 g/mol. The number of fused-ring (bicyclic) bond motifs is 1. The van der Waals surface area contributed by atoms with Crippen molar-refractivity contribution < 1.29 is 44.5 Å². The highest BCUT2D eigenvalue weighted by molar-refractivity contribution is 5.74. The number of rotatable bonds is 15. The van der Waals surface area contributed by atoms with E-state index < -0.39 is 6.09 Å². The molecule has 0 fully saturated rings. The maximum absolute atomic E-state index is 12.5. The summed E-state index contributed by atoms with van der Waals surface area (Å²) in [6.07, 6.45) is 10.7. The van der Waals surface area contributed by atoms with Gasteiger partial charge in [0.2, 0.25) is 0 Å². The van der Waals surface area contributed by atoms with E-state index in [0.29, 0.717) is 36.6 Å². The van der Waals surface area contributed by atoms with Crippen molar-refractivity contribution in [1.82, 2.24) is 5.32 Å². The van der Waals surface area contributed by atoms with Gasteiger partial charge in [-0.1, -0.05) is 88.4 Å². The van der Waals surface area contributed by atoms with E-state index in [0.717, 1.165) is 35.6 Å². The average Bonchev–Trinajstić information content (AvgIpc) is 3.17. The molecule has 294 valence electrons. The monoisotopic (exact) mass is 753 g/mol. The second-order valence-corrected chi connectivity index (χ2v) is 12.6. The van der Waals surface area contributed by atoms with Crippen LogP contribution >= 0.6 is 0 Å². The van der Waals surface area contributed by atoms with Crippen molar-refractivity contribution in [2.24, 2.45) is 5.92 Å². The molecule has 0 saturated carbocycles. The number of unbranched alkanes of at least 4 members (excludes halogenated alkanes) is 1. The molecular formula is C45H55NO9. The number of allylic oxidation sites excluding steroid dienone is 3. The summed E-state index contributed by atoms with van der Waals surface area (Å²) in [6.45, 7) is 10.0. The van der Waals surface area contributed by atoms with Crippen LogP contribution in [0, 0.1) is 5.92 Å². The lowest BCUT2D eigenvalue weighted by molar-refractivity contribution is 0.116. The van der Waals surface area contributed by atoms with Crippen LogP contribution in [0.15, 0.2) is 109 Å². The van der Waals surface area contributed by atoms with Crippen LogP contribution in [0.3, 0.4) is 0 Å². The number of carbonyl (C=O) groups excluding carboxylic acids is 1. The molecule has 0 saturated heterocycles. The highest BCUT2D eigenvalue weighted by atomic mass is 16.5. The molecule has 0 spiro atoms. The zero-order valence-electron chi connectivity index (χ0n) is 32.2. The Bertz CT molecular complexity index is 1950. The predicted molar refractivity (Wildman–Crippen MR) is 216 cm³/mol. The zero-order chi connectivity index (χ0) is 40.0. The van der Waals surface area contributed by atoms with Gasteiger partial charge in [0.25, 0.3) is 0 Å². The van der Waals surface area contributed by atoms with Crippen LogP contribution in [0.25, 0.3) is 11.6 Å². The SMILES string of the molecule is CC.CC/C=C\C=C1\C(COC(=O)NCCCCOCc2cccc(OCc3cc(O)cc(O)c3)c2)=c2ccccc2=CC1C.OCc1cc(O)cc(O)c1. The van der Waals surface area contributed by atoms with Crippen molar-refractivity contribution in [3.63, 3.8) is 0 Å². The standard InChI is InChI=1S/C36H41NO6.C7H8O3.C2H6/c1-3-4-5-14-33-26(2)18-29-12-6-7-15-34(29)35(33)25-43-36(40)37-16-8-9-17-41-23-27-11-10-13-32(21-27)42-24-28-19-30(38)22-31(39)20-28;8-4-5-1-6(9)3-7(10)2-5;1-2/h4-7,10-15,18-22,26,38-39H,3,8-9,16-17,23-25H2,1-2H3,(H,37,40);1-3,8-10H,4H2;1-2H3/b5-4-,33-14+;;. The van der Waals surface area contributed by atoms with Gasteiger partial charge in [-0.15, -0.1) is 0 Å². The molecule has 10 nitrogen and oxygen atoms in total. The first-order valence-electron chi connectivity index (χ1n) is 18.7. The number of hydrogen-bond acceptors (Lipinski definition) is 9. The van der Waals surface area contributed by atoms with Gasteiger partial charge in [-0.25, -0.2) is 4.79 Å². The van der Waals surface area contributed by atoms with Crippen LogP contribution in [-0.2, 0) is 29.3 Å². The summed E-state index contributed by atoms with van der Waals surface area (Å²) in [5.74, 6) is 0.816. The summed E-state index contributed by atoms with van der Waals surface area (Å²) in [4.78, 5) is 12.5. The third-order valence-corrected chi connectivity index (χ3v) is 8.21. The molecule has 1 aliphatic rings. The van der Waals surface area contributed by atoms with Crippen LogP contribution in [0.5, 0.6) is 28.7 Å². The second kappa shape index (κ2) is 23.9. The largest absolute Gasteiger partial charge is 0.508 e. The van der Waals surface area contributed by atoms with Gasteiger partial charge in [-0.3, -0.25) is 0 Å². The first kappa shape index (κ1) is 43.7.